The highest BCUT2D eigenvalue weighted by molar-refractivity contribution is 4.82. The minimum atomic E-state index is 0.722. The Morgan fingerprint density at radius 1 is 1.35 bits per heavy atom. The van der Waals surface area contributed by atoms with E-state index < -0.39 is 0 Å². The molecule has 0 aliphatic carbocycles. The lowest BCUT2D eigenvalue weighted by Crippen LogP contribution is -2.48. The summed E-state index contributed by atoms with van der Waals surface area (Å²) in [6.07, 6.45) is 5.39. The topological polar surface area (TPSA) is 24.5 Å². The van der Waals surface area contributed by atoms with E-state index in [0.29, 0.717) is 0 Å². The molecule has 0 radical (unpaired) electrons. The molecule has 0 saturated carbocycles. The molecule has 2 aliphatic heterocycles. The van der Waals surface area contributed by atoms with Crippen LogP contribution in [-0.2, 0) is 4.74 Å². The van der Waals surface area contributed by atoms with Gasteiger partial charge in [0, 0.05) is 26.2 Å². The predicted molar refractivity (Wildman–Crippen MR) is 71.2 cm³/mol. The molecule has 0 amide bonds. The second kappa shape index (κ2) is 6.72. The molecule has 100 valence electrons. The van der Waals surface area contributed by atoms with Gasteiger partial charge in [-0.05, 0) is 50.6 Å². The lowest BCUT2D eigenvalue weighted by molar-refractivity contribution is 0.0819. The smallest absolute Gasteiger partial charge is 0.0502 e. The summed E-state index contributed by atoms with van der Waals surface area (Å²) in [5.41, 5.74) is 0. The van der Waals surface area contributed by atoms with Crippen LogP contribution in [0.4, 0.5) is 0 Å². The number of nitrogens with one attached hydrogen (secondary N) is 1. The highest BCUT2D eigenvalue weighted by Gasteiger charge is 2.24. The summed E-state index contributed by atoms with van der Waals surface area (Å²) in [7, 11) is 1.82. The van der Waals surface area contributed by atoms with Crippen molar-refractivity contribution in [2.24, 2.45) is 11.8 Å². The van der Waals surface area contributed by atoms with Crippen LogP contribution >= 0.6 is 0 Å². The van der Waals surface area contributed by atoms with Crippen molar-refractivity contribution in [1.82, 2.24) is 10.2 Å². The van der Waals surface area contributed by atoms with Crippen molar-refractivity contribution in [3.63, 3.8) is 0 Å². The molecule has 3 heteroatoms. The van der Waals surface area contributed by atoms with Crippen LogP contribution in [0.5, 0.6) is 0 Å². The summed E-state index contributed by atoms with van der Waals surface area (Å²) in [6.45, 7) is 8.29. The summed E-state index contributed by atoms with van der Waals surface area (Å²) >= 11 is 0. The fraction of sp³-hybridized carbons (Fsp3) is 1.00. The Morgan fingerprint density at radius 2 is 2.24 bits per heavy atom. The Bertz CT molecular complexity index is 220. The highest BCUT2D eigenvalue weighted by atomic mass is 16.5. The molecule has 2 saturated heterocycles. The molecule has 17 heavy (non-hydrogen) atoms. The lowest BCUT2D eigenvalue weighted by atomic mass is 9.92. The summed E-state index contributed by atoms with van der Waals surface area (Å²) in [5.74, 6) is 1.66. The quantitative estimate of drug-likeness (QED) is 0.810. The van der Waals surface area contributed by atoms with Crippen LogP contribution in [0.2, 0.25) is 0 Å². The van der Waals surface area contributed by atoms with E-state index in [1.165, 1.54) is 51.9 Å². The number of nitrogens with zero attached hydrogens (tertiary/aromatic N) is 1. The van der Waals surface area contributed by atoms with Gasteiger partial charge in [0.05, 0.1) is 6.61 Å². The predicted octanol–water partition coefficient (Wildman–Crippen LogP) is 1.73. The Labute approximate surface area is 106 Å². The number of rotatable bonds is 4. The second-order valence-electron chi connectivity index (χ2n) is 6.00. The Balaban J connectivity index is 1.74. The first-order valence-corrected chi connectivity index (χ1v) is 7.22. The van der Waals surface area contributed by atoms with Crippen molar-refractivity contribution in [3.05, 3.63) is 0 Å². The molecule has 3 unspecified atom stereocenters. The van der Waals surface area contributed by atoms with Crippen molar-refractivity contribution in [2.75, 3.05) is 39.9 Å². The van der Waals surface area contributed by atoms with Gasteiger partial charge in [0.25, 0.3) is 0 Å². The Kier molecular flexibility index (Phi) is 5.26. The monoisotopic (exact) mass is 240 g/mol. The molecule has 2 fully saturated rings. The third kappa shape index (κ3) is 4.23. The largest absolute Gasteiger partial charge is 0.384 e. The summed E-state index contributed by atoms with van der Waals surface area (Å²) in [4.78, 5) is 2.64. The first-order chi connectivity index (χ1) is 8.28. The Morgan fingerprint density at radius 3 is 3.00 bits per heavy atom. The van der Waals surface area contributed by atoms with Gasteiger partial charge in [0.1, 0.15) is 0 Å². The maximum atomic E-state index is 5.29. The first-order valence-electron chi connectivity index (χ1n) is 7.22. The number of ether oxygens (including phenoxy) is 1. The van der Waals surface area contributed by atoms with Crippen molar-refractivity contribution < 1.29 is 4.74 Å². The molecule has 3 atom stereocenters. The number of hydrogen-bond donors (Lipinski definition) is 1. The fourth-order valence-corrected chi connectivity index (χ4v) is 3.36. The SMILES string of the molecule is COCC1CCCN(CC2CC(C)CCN2)C1. The van der Waals surface area contributed by atoms with Crippen LogP contribution in [-0.4, -0.2) is 50.8 Å². The molecule has 2 aliphatic rings. The zero-order chi connectivity index (χ0) is 12.1. The van der Waals surface area contributed by atoms with Gasteiger partial charge >= 0.3 is 0 Å². The van der Waals surface area contributed by atoms with E-state index in [1.54, 1.807) is 0 Å². The van der Waals surface area contributed by atoms with E-state index in [-0.39, 0.29) is 0 Å². The number of likely N-dealkylation sites (tertiary alicyclic amines) is 1. The van der Waals surface area contributed by atoms with Crippen LogP contribution in [0, 0.1) is 11.8 Å². The van der Waals surface area contributed by atoms with Gasteiger partial charge in [-0.3, -0.25) is 0 Å². The van der Waals surface area contributed by atoms with Gasteiger partial charge in [-0.2, -0.15) is 0 Å². The summed E-state index contributed by atoms with van der Waals surface area (Å²) in [5, 5.41) is 3.67. The molecule has 1 N–H and O–H groups in total. The average Bonchev–Trinajstić information content (AvgIpc) is 2.30. The average molecular weight is 240 g/mol. The molecule has 0 aromatic carbocycles. The van der Waals surface area contributed by atoms with Crippen LogP contribution in [0.1, 0.15) is 32.6 Å². The van der Waals surface area contributed by atoms with Crippen molar-refractivity contribution in [2.45, 2.75) is 38.6 Å². The van der Waals surface area contributed by atoms with Gasteiger partial charge in [-0.1, -0.05) is 6.92 Å². The van der Waals surface area contributed by atoms with Crippen LogP contribution in [0.3, 0.4) is 0 Å². The van der Waals surface area contributed by atoms with Crippen molar-refractivity contribution >= 4 is 0 Å². The molecular formula is C14H28N2O. The molecular weight excluding hydrogens is 212 g/mol. The van der Waals surface area contributed by atoms with Crippen LogP contribution < -0.4 is 5.32 Å². The molecule has 0 aromatic rings. The Hall–Kier alpha value is -0.120. The minimum Gasteiger partial charge on any atom is -0.384 e. The maximum absolute atomic E-state index is 5.29. The lowest BCUT2D eigenvalue weighted by Gasteiger charge is -2.37. The van der Waals surface area contributed by atoms with Crippen molar-refractivity contribution in [1.29, 1.82) is 0 Å². The number of methoxy groups -OCH3 is 1. The van der Waals surface area contributed by atoms with E-state index in [0.717, 1.165) is 24.5 Å². The highest BCUT2D eigenvalue weighted by Crippen LogP contribution is 2.20. The van der Waals surface area contributed by atoms with Gasteiger partial charge in [-0.15, -0.1) is 0 Å². The zero-order valence-corrected chi connectivity index (χ0v) is 11.5. The second-order valence-corrected chi connectivity index (χ2v) is 6.00. The van der Waals surface area contributed by atoms with Crippen LogP contribution in [0.15, 0.2) is 0 Å². The molecule has 2 rings (SSSR count). The van der Waals surface area contributed by atoms with Gasteiger partial charge in [0.2, 0.25) is 0 Å². The summed E-state index contributed by atoms with van der Waals surface area (Å²) in [6, 6.07) is 0.722. The van der Waals surface area contributed by atoms with E-state index in [2.05, 4.69) is 17.1 Å². The van der Waals surface area contributed by atoms with Gasteiger partial charge in [0.15, 0.2) is 0 Å². The normalized spacial score (nSPS) is 36.0. The summed E-state index contributed by atoms with van der Waals surface area (Å²) < 4.78 is 5.29. The zero-order valence-electron chi connectivity index (χ0n) is 11.5. The van der Waals surface area contributed by atoms with E-state index in [4.69, 9.17) is 4.74 Å². The molecule has 3 nitrogen and oxygen atoms in total. The molecule has 0 bridgehead atoms. The van der Waals surface area contributed by atoms with Gasteiger partial charge in [-0.25, -0.2) is 0 Å². The number of piperidine rings is 2. The third-order valence-electron chi connectivity index (χ3n) is 4.24. The molecule has 0 aromatic heterocycles. The minimum absolute atomic E-state index is 0.722. The third-order valence-corrected chi connectivity index (χ3v) is 4.24. The fourth-order valence-electron chi connectivity index (χ4n) is 3.36. The van der Waals surface area contributed by atoms with Gasteiger partial charge < -0.3 is 15.0 Å². The number of hydrogen-bond acceptors (Lipinski definition) is 3. The molecule has 2 heterocycles. The van der Waals surface area contributed by atoms with Crippen LogP contribution in [0.25, 0.3) is 0 Å². The van der Waals surface area contributed by atoms with Crippen molar-refractivity contribution in [3.8, 4) is 0 Å². The first kappa shape index (κ1) is 13.3. The van der Waals surface area contributed by atoms with E-state index in [9.17, 15) is 0 Å². The van der Waals surface area contributed by atoms with E-state index >= 15 is 0 Å². The van der Waals surface area contributed by atoms with E-state index in [1.807, 2.05) is 7.11 Å². The standard InChI is InChI=1S/C14H28N2O/c1-12-5-6-15-14(8-12)10-16-7-3-4-13(9-16)11-17-2/h12-15H,3-11H2,1-2H3. The molecule has 0 spiro atoms. The maximum Gasteiger partial charge on any atom is 0.0502 e.